The van der Waals surface area contributed by atoms with Crippen LogP contribution >= 0.6 is 0 Å². The Morgan fingerprint density at radius 3 is 2.85 bits per heavy atom. The number of anilines is 1. The van der Waals surface area contributed by atoms with Crippen LogP contribution in [0.5, 0.6) is 0 Å². The summed E-state index contributed by atoms with van der Waals surface area (Å²) in [6.45, 7) is 1.70. The lowest BCUT2D eigenvalue weighted by molar-refractivity contribution is 0.102. The third kappa shape index (κ3) is 2.37. The van der Waals surface area contributed by atoms with Crippen molar-refractivity contribution < 1.29 is 9.32 Å². The molecule has 0 bridgehead atoms. The van der Waals surface area contributed by atoms with Gasteiger partial charge in [-0.15, -0.1) is 0 Å². The summed E-state index contributed by atoms with van der Waals surface area (Å²) in [5, 5.41) is 14.8. The lowest BCUT2D eigenvalue weighted by Gasteiger charge is -2.10. The lowest BCUT2D eigenvalue weighted by atomic mass is 10.2. The van der Waals surface area contributed by atoms with Gasteiger partial charge in [0.15, 0.2) is 5.82 Å². The molecule has 0 radical (unpaired) electrons. The number of nitrogens with zero attached hydrogens (tertiary/aromatic N) is 4. The number of carbonyl (C=O) groups is 1. The lowest BCUT2D eigenvalue weighted by Crippen LogP contribution is -2.30. The Morgan fingerprint density at radius 2 is 2.12 bits per heavy atom. The first kappa shape index (κ1) is 15.8. The van der Waals surface area contributed by atoms with Crippen molar-refractivity contribution in [2.24, 2.45) is 7.05 Å². The van der Waals surface area contributed by atoms with E-state index in [-0.39, 0.29) is 27.8 Å². The van der Waals surface area contributed by atoms with E-state index in [4.69, 9.17) is 9.93 Å². The maximum absolute atomic E-state index is 12.8. The van der Waals surface area contributed by atoms with Gasteiger partial charge in [0.1, 0.15) is 22.5 Å². The minimum atomic E-state index is -0.557. The molecule has 0 saturated carbocycles. The van der Waals surface area contributed by atoms with Crippen molar-refractivity contribution in [3.63, 3.8) is 0 Å². The van der Waals surface area contributed by atoms with Gasteiger partial charge in [-0.3, -0.25) is 19.4 Å². The average Bonchev–Trinajstić information content (AvgIpc) is 3.03. The van der Waals surface area contributed by atoms with Crippen molar-refractivity contribution in [2.75, 3.05) is 5.32 Å². The molecule has 0 aliphatic carbocycles. The molecule has 1 amide bonds. The molecule has 4 aromatic heterocycles. The van der Waals surface area contributed by atoms with Gasteiger partial charge in [0.2, 0.25) is 0 Å². The largest absolute Gasteiger partial charge is 0.360 e. The Bertz CT molecular complexity index is 1300. The molecule has 4 aromatic rings. The van der Waals surface area contributed by atoms with Crippen LogP contribution in [-0.4, -0.2) is 25.0 Å². The fourth-order valence-electron chi connectivity index (χ4n) is 2.75. The van der Waals surface area contributed by atoms with Crippen LogP contribution < -0.4 is 16.4 Å². The van der Waals surface area contributed by atoms with E-state index in [0.29, 0.717) is 17.1 Å². The van der Waals surface area contributed by atoms with Gasteiger partial charge in [-0.25, -0.2) is 4.98 Å². The van der Waals surface area contributed by atoms with Crippen LogP contribution in [0.3, 0.4) is 0 Å². The summed E-state index contributed by atoms with van der Waals surface area (Å²) in [7, 11) is 1.59. The number of hydrogen-bond acceptors (Lipinski definition) is 6. The van der Waals surface area contributed by atoms with Crippen LogP contribution in [0, 0.1) is 12.3 Å². The Hall–Kier alpha value is -3.75. The number of carbonyl (C=O) groups excluding carboxylic acids is 1. The summed E-state index contributed by atoms with van der Waals surface area (Å²) in [5.41, 5.74) is 0.459. The van der Waals surface area contributed by atoms with E-state index in [1.165, 1.54) is 15.0 Å². The molecule has 2 N–H and O–H groups in total. The molecule has 9 heteroatoms. The van der Waals surface area contributed by atoms with Crippen LogP contribution in [0.2, 0.25) is 0 Å². The summed E-state index contributed by atoms with van der Waals surface area (Å²) in [5.74, 6) is 0.228. The van der Waals surface area contributed by atoms with Crippen LogP contribution in [0.15, 0.2) is 45.8 Å². The second-order valence-electron chi connectivity index (χ2n) is 5.83. The van der Waals surface area contributed by atoms with Gasteiger partial charge in [-0.05, 0) is 25.1 Å². The predicted octanol–water partition coefficient (Wildman–Crippen LogP) is 1.21. The molecule has 4 heterocycles. The van der Waals surface area contributed by atoms with Crippen molar-refractivity contribution in [2.45, 2.75) is 6.92 Å². The zero-order valence-corrected chi connectivity index (χ0v) is 14.0. The number of hydrogen-bond donors (Lipinski definition) is 2. The van der Waals surface area contributed by atoms with E-state index in [9.17, 15) is 9.59 Å². The molecule has 0 unspecified atom stereocenters. The minimum Gasteiger partial charge on any atom is -0.360 e. The van der Waals surface area contributed by atoms with Crippen molar-refractivity contribution in [3.8, 4) is 0 Å². The monoisotopic (exact) mass is 350 g/mol. The molecule has 0 saturated heterocycles. The third-order valence-electron chi connectivity index (χ3n) is 4.06. The van der Waals surface area contributed by atoms with Crippen molar-refractivity contribution >= 4 is 28.4 Å². The minimum absolute atomic E-state index is 0.0374. The summed E-state index contributed by atoms with van der Waals surface area (Å²) >= 11 is 0. The number of rotatable bonds is 2. The summed E-state index contributed by atoms with van der Waals surface area (Å²) in [4.78, 5) is 29.8. The molecule has 0 aliphatic rings. The van der Waals surface area contributed by atoms with E-state index in [0.717, 1.165) is 0 Å². The summed E-state index contributed by atoms with van der Waals surface area (Å²) < 4.78 is 7.72. The van der Waals surface area contributed by atoms with Gasteiger partial charge >= 0.3 is 0 Å². The van der Waals surface area contributed by atoms with E-state index in [1.54, 1.807) is 44.4 Å². The number of fused-ring (bicyclic) bond motifs is 2. The van der Waals surface area contributed by atoms with Gasteiger partial charge in [0.25, 0.3) is 11.5 Å². The van der Waals surface area contributed by atoms with Crippen molar-refractivity contribution in [1.29, 1.82) is 5.41 Å². The Morgan fingerprint density at radius 1 is 1.31 bits per heavy atom. The molecular formula is C17H14N6O3. The SMILES string of the molecule is Cc1cc(NC(=O)c2cc3c(=O)n4ccccc4nc3n(C)c2=N)no1. The molecule has 130 valence electrons. The molecule has 0 atom stereocenters. The molecule has 4 rings (SSSR count). The maximum Gasteiger partial charge on any atom is 0.267 e. The number of aromatic nitrogens is 4. The molecule has 0 fully saturated rings. The van der Waals surface area contributed by atoms with Gasteiger partial charge < -0.3 is 14.4 Å². The highest BCUT2D eigenvalue weighted by Gasteiger charge is 2.17. The zero-order valence-electron chi connectivity index (χ0n) is 14.0. The van der Waals surface area contributed by atoms with E-state index < -0.39 is 5.91 Å². The van der Waals surface area contributed by atoms with Crippen LogP contribution in [0.25, 0.3) is 16.7 Å². The Labute approximate surface area is 146 Å². The molecule has 26 heavy (non-hydrogen) atoms. The number of nitrogens with one attached hydrogen (secondary N) is 2. The van der Waals surface area contributed by atoms with Crippen LogP contribution in [0.1, 0.15) is 16.1 Å². The fourth-order valence-corrected chi connectivity index (χ4v) is 2.75. The third-order valence-corrected chi connectivity index (χ3v) is 4.06. The first-order valence-electron chi connectivity index (χ1n) is 7.76. The van der Waals surface area contributed by atoms with Gasteiger partial charge in [-0.2, -0.15) is 0 Å². The van der Waals surface area contributed by atoms with E-state index >= 15 is 0 Å². The maximum atomic E-state index is 12.8. The highest BCUT2D eigenvalue weighted by Crippen LogP contribution is 2.12. The predicted molar refractivity (Wildman–Crippen MR) is 93.0 cm³/mol. The molecule has 0 aliphatic heterocycles. The van der Waals surface area contributed by atoms with Crippen LogP contribution in [-0.2, 0) is 7.05 Å². The Balaban J connectivity index is 1.93. The van der Waals surface area contributed by atoms with Crippen LogP contribution in [0.4, 0.5) is 5.82 Å². The quantitative estimate of drug-likeness (QED) is 0.527. The van der Waals surface area contributed by atoms with Gasteiger partial charge in [0.05, 0.1) is 10.9 Å². The van der Waals surface area contributed by atoms with E-state index in [2.05, 4.69) is 15.5 Å². The average molecular weight is 350 g/mol. The normalized spacial score (nSPS) is 11.2. The van der Waals surface area contributed by atoms with E-state index in [1.807, 2.05) is 0 Å². The number of aryl methyl sites for hydroxylation is 2. The van der Waals surface area contributed by atoms with Gasteiger partial charge in [-0.1, -0.05) is 11.2 Å². The number of pyridine rings is 2. The summed E-state index contributed by atoms with van der Waals surface area (Å²) in [6.07, 6.45) is 1.61. The second kappa shape index (κ2) is 5.66. The molecule has 0 aromatic carbocycles. The first-order valence-corrected chi connectivity index (χ1v) is 7.76. The van der Waals surface area contributed by atoms with Crippen molar-refractivity contribution in [3.05, 3.63) is 63.7 Å². The Kier molecular flexibility index (Phi) is 3.43. The molecule has 0 spiro atoms. The topological polar surface area (TPSA) is 118 Å². The summed E-state index contributed by atoms with van der Waals surface area (Å²) in [6, 6.07) is 8.15. The zero-order chi connectivity index (χ0) is 18.4. The second-order valence-corrected chi connectivity index (χ2v) is 5.83. The molecular weight excluding hydrogens is 336 g/mol. The first-order chi connectivity index (χ1) is 12.5. The highest BCUT2D eigenvalue weighted by atomic mass is 16.5. The van der Waals surface area contributed by atoms with Gasteiger partial charge in [0, 0.05) is 19.3 Å². The smallest absolute Gasteiger partial charge is 0.267 e. The number of amides is 1. The van der Waals surface area contributed by atoms with Crippen molar-refractivity contribution in [1.82, 2.24) is 19.1 Å². The molecule has 9 nitrogen and oxygen atoms in total. The fraction of sp³-hybridized carbons (Fsp3) is 0.118. The standard InChI is InChI=1S/C17H14N6O3/c1-9-7-12(21-26-9)19-16(24)10-8-11-15(22(2)14(10)18)20-13-5-3-4-6-23(13)17(11)25/h3-8,18H,1-2H3,(H,19,21,24). The highest BCUT2D eigenvalue weighted by molar-refractivity contribution is 6.05.